The van der Waals surface area contributed by atoms with E-state index in [9.17, 15) is 14.7 Å². The molecule has 1 aliphatic rings. The minimum atomic E-state index is -1.23. The predicted molar refractivity (Wildman–Crippen MR) is 76.3 cm³/mol. The van der Waals surface area contributed by atoms with E-state index in [0.717, 1.165) is 12.8 Å². The molecular formula is C15H20N2O5. The summed E-state index contributed by atoms with van der Waals surface area (Å²) >= 11 is 0. The molecule has 0 saturated carbocycles. The Morgan fingerprint density at radius 3 is 2.86 bits per heavy atom. The van der Waals surface area contributed by atoms with Gasteiger partial charge in [0.2, 0.25) is 12.7 Å². The Hall–Kier alpha value is -2.28. The number of ether oxygens (including phenoxy) is 2. The van der Waals surface area contributed by atoms with Gasteiger partial charge in [-0.15, -0.1) is 0 Å². The van der Waals surface area contributed by atoms with Crippen LogP contribution in [0.5, 0.6) is 11.5 Å². The van der Waals surface area contributed by atoms with E-state index in [4.69, 9.17) is 9.47 Å². The van der Waals surface area contributed by atoms with Gasteiger partial charge in [0.15, 0.2) is 11.5 Å². The zero-order valence-corrected chi connectivity index (χ0v) is 12.5. The van der Waals surface area contributed by atoms with Crippen LogP contribution in [0.1, 0.15) is 26.2 Å². The number of unbranched alkanes of at least 4 members (excludes halogenated alkanes) is 1. The lowest BCUT2D eigenvalue weighted by Gasteiger charge is -2.16. The number of carbonyl (C=O) groups is 2. The van der Waals surface area contributed by atoms with Crippen LogP contribution in [0, 0.1) is 0 Å². The molecule has 0 unspecified atom stereocenters. The maximum absolute atomic E-state index is 12.0. The number of carboxylic acid groups (broad SMARTS) is 1. The second-order valence-electron chi connectivity index (χ2n) is 5.12. The van der Waals surface area contributed by atoms with Crippen LogP contribution in [0.15, 0.2) is 18.2 Å². The van der Waals surface area contributed by atoms with Gasteiger partial charge in [-0.05, 0) is 18.6 Å². The first kappa shape index (κ1) is 16.1. The van der Waals surface area contributed by atoms with Crippen molar-refractivity contribution in [1.29, 1.82) is 0 Å². The summed E-state index contributed by atoms with van der Waals surface area (Å²) in [6.07, 6.45) is 1.73. The topological polar surface area (TPSA) is 104 Å². The Bertz CT molecular complexity index is 547. The molecule has 0 saturated heterocycles. The third-order valence-electron chi connectivity index (χ3n) is 3.37. The number of rotatable bonds is 8. The highest BCUT2D eigenvalue weighted by atomic mass is 16.7. The second-order valence-corrected chi connectivity index (χ2v) is 5.12. The van der Waals surface area contributed by atoms with E-state index in [1.165, 1.54) is 0 Å². The van der Waals surface area contributed by atoms with Crippen molar-refractivity contribution in [3.8, 4) is 11.5 Å². The number of carbonyl (C=O) groups excluding carboxylic acids is 2. The summed E-state index contributed by atoms with van der Waals surface area (Å²) in [5.41, 5.74) is 0.542. The number of nitrogens with one attached hydrogen (secondary N) is 1. The van der Waals surface area contributed by atoms with Gasteiger partial charge in [0.1, 0.15) is 6.04 Å². The molecule has 0 spiro atoms. The van der Waals surface area contributed by atoms with Crippen molar-refractivity contribution in [2.24, 2.45) is 0 Å². The highest BCUT2D eigenvalue weighted by Crippen LogP contribution is 2.34. The van der Waals surface area contributed by atoms with Crippen LogP contribution in [0.4, 0.5) is 5.69 Å². The van der Waals surface area contributed by atoms with Gasteiger partial charge in [-0.1, -0.05) is 13.3 Å². The monoisotopic (exact) mass is 308 g/mol. The average molecular weight is 308 g/mol. The van der Waals surface area contributed by atoms with E-state index in [2.05, 4.69) is 5.32 Å². The van der Waals surface area contributed by atoms with Gasteiger partial charge in [-0.25, -0.2) is 0 Å². The fourth-order valence-electron chi connectivity index (χ4n) is 2.17. The second kappa shape index (κ2) is 7.65. The molecule has 1 amide bonds. The highest BCUT2D eigenvalue weighted by Gasteiger charge is 2.19. The van der Waals surface area contributed by atoms with Crippen LogP contribution >= 0.6 is 0 Å². The first-order valence-corrected chi connectivity index (χ1v) is 7.34. The SMILES string of the molecule is CCCC[NH2+][C@H](CC(=O)Nc1ccc2c(c1)OCO2)C(=O)[O-]. The van der Waals surface area contributed by atoms with E-state index in [1.807, 2.05) is 6.92 Å². The van der Waals surface area contributed by atoms with Crippen molar-refractivity contribution in [1.82, 2.24) is 0 Å². The molecule has 1 heterocycles. The van der Waals surface area contributed by atoms with E-state index in [-0.39, 0.29) is 19.1 Å². The van der Waals surface area contributed by atoms with Gasteiger partial charge >= 0.3 is 0 Å². The van der Waals surface area contributed by atoms with Crippen LogP contribution in [-0.4, -0.2) is 31.3 Å². The fraction of sp³-hybridized carbons (Fsp3) is 0.467. The zero-order valence-electron chi connectivity index (χ0n) is 12.5. The van der Waals surface area contributed by atoms with Gasteiger partial charge in [0.25, 0.3) is 0 Å². The standard InChI is InChI=1S/C15H20N2O5/c1-2-3-6-16-11(15(19)20)8-14(18)17-10-4-5-12-13(7-10)22-9-21-12/h4-5,7,11,16H,2-3,6,8-9H2,1H3,(H,17,18)(H,19,20)/t11-/m1/s1. The number of amides is 1. The molecule has 3 N–H and O–H groups in total. The largest absolute Gasteiger partial charge is 0.544 e. The summed E-state index contributed by atoms with van der Waals surface area (Å²) in [6, 6.07) is 4.15. The van der Waals surface area contributed by atoms with Crippen molar-refractivity contribution in [2.45, 2.75) is 32.2 Å². The van der Waals surface area contributed by atoms with Crippen LogP contribution in [0.3, 0.4) is 0 Å². The molecule has 1 aliphatic heterocycles. The van der Waals surface area contributed by atoms with E-state index in [0.29, 0.717) is 23.7 Å². The maximum atomic E-state index is 12.0. The minimum absolute atomic E-state index is 0.138. The number of hydrogen-bond donors (Lipinski definition) is 2. The molecule has 2 rings (SSSR count). The number of quaternary nitrogens is 1. The molecule has 0 bridgehead atoms. The highest BCUT2D eigenvalue weighted by molar-refractivity contribution is 5.93. The van der Waals surface area contributed by atoms with Crippen LogP contribution in [0.2, 0.25) is 0 Å². The summed E-state index contributed by atoms with van der Waals surface area (Å²) < 4.78 is 10.4. The molecule has 7 heteroatoms. The molecule has 7 nitrogen and oxygen atoms in total. The molecule has 0 fully saturated rings. The first-order chi connectivity index (χ1) is 10.6. The van der Waals surface area contributed by atoms with Crippen LogP contribution in [-0.2, 0) is 9.59 Å². The summed E-state index contributed by atoms with van der Waals surface area (Å²) in [7, 11) is 0. The van der Waals surface area contributed by atoms with E-state index in [1.54, 1.807) is 23.5 Å². The van der Waals surface area contributed by atoms with Crippen LogP contribution < -0.4 is 25.2 Å². The predicted octanol–water partition coefficient (Wildman–Crippen LogP) is -0.774. The van der Waals surface area contributed by atoms with Gasteiger partial charge in [-0.3, -0.25) is 4.79 Å². The Kier molecular flexibility index (Phi) is 5.60. The Morgan fingerprint density at radius 1 is 1.36 bits per heavy atom. The van der Waals surface area contributed by atoms with Gasteiger partial charge in [-0.2, -0.15) is 0 Å². The Labute approximate surface area is 128 Å². The summed E-state index contributed by atoms with van der Waals surface area (Å²) in [6.45, 7) is 2.84. The number of nitrogens with two attached hydrogens (primary N) is 1. The minimum Gasteiger partial charge on any atom is -0.544 e. The summed E-state index contributed by atoms with van der Waals surface area (Å²) in [5, 5.41) is 15.4. The molecule has 0 aliphatic carbocycles. The fourth-order valence-corrected chi connectivity index (χ4v) is 2.17. The molecule has 0 radical (unpaired) electrons. The average Bonchev–Trinajstić information content (AvgIpc) is 2.93. The Morgan fingerprint density at radius 2 is 2.14 bits per heavy atom. The molecule has 1 aromatic carbocycles. The number of benzene rings is 1. The smallest absolute Gasteiger partial charge is 0.231 e. The third kappa shape index (κ3) is 4.36. The van der Waals surface area contributed by atoms with Crippen LogP contribution in [0.25, 0.3) is 0 Å². The molecule has 1 atom stereocenters. The third-order valence-corrected chi connectivity index (χ3v) is 3.37. The lowest BCUT2D eigenvalue weighted by atomic mass is 10.2. The summed E-state index contributed by atoms with van der Waals surface area (Å²) in [5.74, 6) is -0.417. The molecule has 22 heavy (non-hydrogen) atoms. The Balaban J connectivity index is 1.89. The van der Waals surface area contributed by atoms with Crippen molar-refractivity contribution < 1.29 is 29.5 Å². The number of carboxylic acids is 1. The number of hydrogen-bond acceptors (Lipinski definition) is 5. The zero-order chi connectivity index (χ0) is 15.9. The van der Waals surface area contributed by atoms with Crippen molar-refractivity contribution in [2.75, 3.05) is 18.7 Å². The molecule has 1 aromatic rings. The van der Waals surface area contributed by atoms with Crippen molar-refractivity contribution in [3.05, 3.63) is 18.2 Å². The van der Waals surface area contributed by atoms with E-state index < -0.39 is 12.0 Å². The molecular weight excluding hydrogens is 288 g/mol. The van der Waals surface area contributed by atoms with Gasteiger partial charge in [0.05, 0.1) is 18.9 Å². The van der Waals surface area contributed by atoms with Gasteiger partial charge in [0, 0.05) is 11.8 Å². The molecule has 120 valence electrons. The van der Waals surface area contributed by atoms with Gasteiger partial charge < -0.3 is 30.0 Å². The van der Waals surface area contributed by atoms with Crippen molar-refractivity contribution >= 4 is 17.6 Å². The number of aliphatic carboxylic acids is 1. The normalized spacial score (nSPS) is 13.7. The maximum Gasteiger partial charge on any atom is 0.231 e. The van der Waals surface area contributed by atoms with E-state index >= 15 is 0 Å². The number of anilines is 1. The number of fused-ring (bicyclic) bond motifs is 1. The summed E-state index contributed by atoms with van der Waals surface area (Å²) in [4.78, 5) is 23.0. The lowest BCUT2D eigenvalue weighted by Crippen LogP contribution is -2.93. The van der Waals surface area contributed by atoms with Crippen molar-refractivity contribution in [3.63, 3.8) is 0 Å². The quantitative estimate of drug-likeness (QED) is 0.613. The molecule has 0 aromatic heterocycles. The first-order valence-electron chi connectivity index (χ1n) is 7.34. The lowest BCUT2D eigenvalue weighted by molar-refractivity contribution is -0.682.